The number of carbonyl (C=O) groups is 1. The molecule has 23 heavy (non-hydrogen) atoms. The molecule has 2 heterocycles. The molecule has 2 aromatic rings. The van der Waals surface area contributed by atoms with Crippen molar-refractivity contribution in [1.29, 1.82) is 0 Å². The molecule has 2 N–H and O–H groups in total. The predicted molar refractivity (Wildman–Crippen MR) is 92.1 cm³/mol. The van der Waals surface area contributed by atoms with Crippen molar-refractivity contribution in [2.45, 2.75) is 18.8 Å². The van der Waals surface area contributed by atoms with E-state index in [1.807, 2.05) is 36.1 Å². The van der Waals surface area contributed by atoms with Crippen molar-refractivity contribution in [3.63, 3.8) is 0 Å². The van der Waals surface area contributed by atoms with E-state index in [2.05, 4.69) is 9.97 Å². The number of thioether (sulfide) groups is 1. The Kier molecular flexibility index (Phi) is 4.97. The number of nitrogen functional groups attached to an aromatic ring is 1. The standard InChI is InChI=1S/C16H20N4O2S/c1-11-8-20(6-7-22-11)15(21)10-23-9-14-18-13-5-3-2-4-12(13)16(17)19-14/h2-5,11H,6-10H2,1H3,(H2,17,18,19). The number of benzene rings is 1. The van der Waals surface area contributed by atoms with Crippen LogP contribution in [0, 0.1) is 0 Å². The summed E-state index contributed by atoms with van der Waals surface area (Å²) in [6.07, 6.45) is 0.112. The van der Waals surface area contributed by atoms with Crippen LogP contribution in [0.1, 0.15) is 12.7 Å². The largest absolute Gasteiger partial charge is 0.383 e. The van der Waals surface area contributed by atoms with E-state index in [-0.39, 0.29) is 12.0 Å². The molecule has 122 valence electrons. The van der Waals surface area contributed by atoms with E-state index in [1.54, 1.807) is 0 Å². The third-order valence-corrected chi connectivity index (χ3v) is 4.64. The van der Waals surface area contributed by atoms with Crippen molar-refractivity contribution in [1.82, 2.24) is 14.9 Å². The van der Waals surface area contributed by atoms with E-state index >= 15 is 0 Å². The van der Waals surface area contributed by atoms with E-state index in [1.165, 1.54) is 11.8 Å². The fourth-order valence-corrected chi connectivity index (χ4v) is 3.35. The van der Waals surface area contributed by atoms with Crippen molar-refractivity contribution in [2.75, 3.05) is 31.2 Å². The molecule has 1 aromatic carbocycles. The highest BCUT2D eigenvalue weighted by molar-refractivity contribution is 7.99. The second kappa shape index (κ2) is 7.14. The molecule has 6 nitrogen and oxygen atoms in total. The van der Waals surface area contributed by atoms with Crippen LogP contribution in [0.3, 0.4) is 0 Å². The van der Waals surface area contributed by atoms with Crippen molar-refractivity contribution in [3.8, 4) is 0 Å². The maximum absolute atomic E-state index is 12.2. The lowest BCUT2D eigenvalue weighted by Gasteiger charge is -2.31. The first kappa shape index (κ1) is 16.0. The Bertz CT molecular complexity index is 710. The molecule has 0 aliphatic carbocycles. The molecule has 1 amide bonds. The van der Waals surface area contributed by atoms with Crippen LogP contribution in [-0.2, 0) is 15.3 Å². The zero-order valence-electron chi connectivity index (χ0n) is 13.1. The van der Waals surface area contributed by atoms with E-state index in [4.69, 9.17) is 10.5 Å². The van der Waals surface area contributed by atoms with Crippen molar-refractivity contribution in [2.24, 2.45) is 0 Å². The minimum absolute atomic E-state index is 0.112. The normalized spacial score (nSPS) is 18.3. The van der Waals surface area contributed by atoms with Gasteiger partial charge in [-0.25, -0.2) is 9.97 Å². The van der Waals surface area contributed by atoms with Crippen LogP contribution in [0.4, 0.5) is 5.82 Å². The number of amides is 1. The van der Waals surface area contributed by atoms with Gasteiger partial charge in [0.1, 0.15) is 11.6 Å². The molecular weight excluding hydrogens is 312 g/mol. The number of morpholine rings is 1. The Morgan fingerprint density at radius 2 is 2.26 bits per heavy atom. The number of nitrogens with zero attached hydrogens (tertiary/aromatic N) is 3. The molecule has 1 unspecified atom stereocenters. The molecule has 0 spiro atoms. The van der Waals surface area contributed by atoms with E-state index in [0.717, 1.165) is 10.9 Å². The molecule has 0 saturated carbocycles. The number of fused-ring (bicyclic) bond motifs is 1. The van der Waals surface area contributed by atoms with Gasteiger partial charge in [0.15, 0.2) is 0 Å². The van der Waals surface area contributed by atoms with E-state index < -0.39 is 0 Å². The fourth-order valence-electron chi connectivity index (χ4n) is 2.58. The third kappa shape index (κ3) is 3.92. The van der Waals surface area contributed by atoms with Crippen molar-refractivity contribution in [3.05, 3.63) is 30.1 Å². The SMILES string of the molecule is CC1CN(C(=O)CSCc2nc(N)c3ccccc3n2)CCO1. The average Bonchev–Trinajstić information content (AvgIpc) is 2.55. The molecule has 1 aliphatic rings. The molecule has 0 radical (unpaired) electrons. The zero-order chi connectivity index (χ0) is 16.2. The summed E-state index contributed by atoms with van der Waals surface area (Å²) in [5, 5.41) is 0.861. The van der Waals surface area contributed by atoms with Gasteiger partial charge in [-0.15, -0.1) is 11.8 Å². The van der Waals surface area contributed by atoms with Gasteiger partial charge in [0.2, 0.25) is 5.91 Å². The summed E-state index contributed by atoms with van der Waals surface area (Å²) in [7, 11) is 0. The first-order valence-corrected chi connectivity index (χ1v) is 8.77. The van der Waals surface area contributed by atoms with Gasteiger partial charge in [-0.3, -0.25) is 4.79 Å². The molecule has 0 bridgehead atoms. The number of aromatic nitrogens is 2. The van der Waals surface area contributed by atoms with Gasteiger partial charge in [-0.1, -0.05) is 12.1 Å². The first-order chi connectivity index (χ1) is 11.1. The monoisotopic (exact) mass is 332 g/mol. The van der Waals surface area contributed by atoms with Gasteiger partial charge in [-0.2, -0.15) is 0 Å². The molecule has 1 atom stereocenters. The zero-order valence-corrected chi connectivity index (χ0v) is 13.9. The van der Waals surface area contributed by atoms with Crippen LogP contribution in [0.5, 0.6) is 0 Å². The van der Waals surface area contributed by atoms with Gasteiger partial charge < -0.3 is 15.4 Å². The second-order valence-electron chi connectivity index (χ2n) is 5.56. The number of hydrogen-bond acceptors (Lipinski definition) is 6. The third-order valence-electron chi connectivity index (χ3n) is 3.73. The Hall–Kier alpha value is -1.86. The minimum atomic E-state index is 0.112. The number of ether oxygens (including phenoxy) is 1. The summed E-state index contributed by atoms with van der Waals surface area (Å²) in [4.78, 5) is 22.9. The summed E-state index contributed by atoms with van der Waals surface area (Å²) in [6, 6.07) is 7.67. The average molecular weight is 332 g/mol. The van der Waals surface area contributed by atoms with Crippen LogP contribution in [0.2, 0.25) is 0 Å². The Morgan fingerprint density at radius 1 is 1.43 bits per heavy atom. The summed E-state index contributed by atoms with van der Waals surface area (Å²) in [5.74, 6) is 2.27. The van der Waals surface area contributed by atoms with Crippen molar-refractivity contribution < 1.29 is 9.53 Å². The summed E-state index contributed by atoms with van der Waals surface area (Å²) in [6.45, 7) is 3.93. The Labute approximate surface area is 139 Å². The highest BCUT2D eigenvalue weighted by Gasteiger charge is 2.21. The quantitative estimate of drug-likeness (QED) is 0.917. The molecule has 1 aliphatic heterocycles. The van der Waals surface area contributed by atoms with Crippen LogP contribution in [0.15, 0.2) is 24.3 Å². The topological polar surface area (TPSA) is 81.3 Å². The number of anilines is 1. The van der Waals surface area contributed by atoms with Gasteiger partial charge in [0, 0.05) is 18.5 Å². The summed E-state index contributed by atoms with van der Waals surface area (Å²) < 4.78 is 5.45. The minimum Gasteiger partial charge on any atom is -0.383 e. The maximum Gasteiger partial charge on any atom is 0.232 e. The van der Waals surface area contributed by atoms with Gasteiger partial charge >= 0.3 is 0 Å². The molecule has 1 aromatic heterocycles. The van der Waals surface area contributed by atoms with Gasteiger partial charge in [-0.05, 0) is 19.1 Å². The lowest BCUT2D eigenvalue weighted by atomic mass is 10.2. The number of nitrogens with two attached hydrogens (primary N) is 1. The van der Waals surface area contributed by atoms with Crippen LogP contribution >= 0.6 is 11.8 Å². The Balaban J connectivity index is 1.57. The van der Waals surface area contributed by atoms with Gasteiger partial charge in [0.25, 0.3) is 0 Å². The van der Waals surface area contributed by atoms with Crippen molar-refractivity contribution >= 4 is 34.4 Å². The number of rotatable bonds is 4. The highest BCUT2D eigenvalue weighted by Crippen LogP contribution is 2.19. The predicted octanol–water partition coefficient (Wildman–Crippen LogP) is 1.69. The maximum atomic E-state index is 12.2. The summed E-state index contributed by atoms with van der Waals surface area (Å²) in [5.41, 5.74) is 6.81. The number of para-hydroxylation sites is 1. The molecule has 1 saturated heterocycles. The Morgan fingerprint density at radius 3 is 3.09 bits per heavy atom. The molecule has 7 heteroatoms. The van der Waals surface area contributed by atoms with Gasteiger partial charge in [0.05, 0.1) is 29.7 Å². The number of hydrogen-bond donors (Lipinski definition) is 1. The second-order valence-corrected chi connectivity index (χ2v) is 6.54. The van der Waals surface area contributed by atoms with E-state index in [0.29, 0.717) is 42.8 Å². The first-order valence-electron chi connectivity index (χ1n) is 7.62. The lowest BCUT2D eigenvalue weighted by Crippen LogP contribution is -2.45. The molecule has 1 fully saturated rings. The van der Waals surface area contributed by atoms with Crippen LogP contribution in [-0.4, -0.2) is 52.3 Å². The van der Waals surface area contributed by atoms with E-state index in [9.17, 15) is 4.79 Å². The molecular formula is C16H20N4O2S. The van der Waals surface area contributed by atoms with Crippen LogP contribution in [0.25, 0.3) is 10.9 Å². The lowest BCUT2D eigenvalue weighted by molar-refractivity contribution is -0.135. The van der Waals surface area contributed by atoms with Crippen LogP contribution < -0.4 is 5.73 Å². The molecule has 3 rings (SSSR count). The number of carbonyl (C=O) groups excluding carboxylic acids is 1. The summed E-state index contributed by atoms with van der Waals surface area (Å²) >= 11 is 1.51. The fraction of sp³-hybridized carbons (Fsp3) is 0.438. The smallest absolute Gasteiger partial charge is 0.232 e. The highest BCUT2D eigenvalue weighted by atomic mass is 32.2.